The van der Waals surface area contributed by atoms with Gasteiger partial charge in [-0.3, -0.25) is 9.69 Å². The summed E-state index contributed by atoms with van der Waals surface area (Å²) in [4.78, 5) is 15.3. The van der Waals surface area contributed by atoms with E-state index < -0.39 is 0 Å². The summed E-state index contributed by atoms with van der Waals surface area (Å²) in [6.07, 6.45) is 1.80. The van der Waals surface area contributed by atoms with E-state index in [0.717, 1.165) is 28.0 Å². The number of aryl methyl sites for hydroxylation is 1. The first-order valence-electron chi connectivity index (χ1n) is 11.2. The Labute approximate surface area is 193 Å². The smallest absolute Gasteiger partial charge is 0.232 e. The monoisotopic (exact) mass is 443 g/mol. The van der Waals surface area contributed by atoms with Crippen LogP contribution in [-0.2, 0) is 13.1 Å². The van der Waals surface area contributed by atoms with E-state index in [9.17, 15) is 9.18 Å². The van der Waals surface area contributed by atoms with Crippen LogP contribution in [0.1, 0.15) is 57.9 Å². The lowest BCUT2D eigenvalue weighted by Crippen LogP contribution is -2.31. The molecule has 0 aromatic heterocycles. The maximum atomic E-state index is 13.2. The Bertz CT molecular complexity index is 1240. The molecule has 0 atom stereocenters. The summed E-state index contributed by atoms with van der Waals surface area (Å²) >= 11 is 0. The van der Waals surface area contributed by atoms with E-state index in [4.69, 9.17) is 9.47 Å². The summed E-state index contributed by atoms with van der Waals surface area (Å²) < 4.78 is 25.4. The number of carbonyl (C=O) groups is 1. The first-order valence-corrected chi connectivity index (χ1v) is 11.2. The third-order valence-corrected chi connectivity index (χ3v) is 6.21. The fraction of sp³-hybridized carbons (Fsp3) is 0.250. The average molecular weight is 444 g/mol. The number of Topliss-reactive ketones (excluding diaryl/α,β-unsaturated/α-hetero) is 1. The Kier molecular flexibility index (Phi) is 5.51. The van der Waals surface area contributed by atoms with Crippen molar-refractivity contribution in [2.24, 2.45) is 0 Å². The van der Waals surface area contributed by atoms with Gasteiger partial charge >= 0.3 is 0 Å². The number of halogens is 1. The van der Waals surface area contributed by atoms with Crippen molar-refractivity contribution in [1.29, 1.82) is 0 Å². The second kappa shape index (κ2) is 8.49. The van der Waals surface area contributed by atoms with Crippen molar-refractivity contribution in [2.45, 2.75) is 39.8 Å². The van der Waals surface area contributed by atoms with Crippen molar-refractivity contribution in [3.05, 3.63) is 99.6 Å². The molecule has 0 aliphatic carbocycles. The highest BCUT2D eigenvalue weighted by atomic mass is 19.1. The number of ether oxygens (including phenoxy) is 2. The van der Waals surface area contributed by atoms with Gasteiger partial charge in [0.05, 0.1) is 11.1 Å². The van der Waals surface area contributed by atoms with Crippen LogP contribution in [0, 0.1) is 12.7 Å². The van der Waals surface area contributed by atoms with Crippen molar-refractivity contribution in [1.82, 2.24) is 4.90 Å². The third kappa shape index (κ3) is 4.16. The van der Waals surface area contributed by atoms with Gasteiger partial charge in [0.25, 0.3) is 0 Å². The largest absolute Gasteiger partial charge is 0.478 e. The van der Waals surface area contributed by atoms with Gasteiger partial charge in [-0.25, -0.2) is 4.39 Å². The highest BCUT2D eigenvalue weighted by Crippen LogP contribution is 2.44. The topological polar surface area (TPSA) is 38.8 Å². The molecular formula is C28H26FNO3. The number of hydrogen-bond donors (Lipinski definition) is 0. The van der Waals surface area contributed by atoms with Crippen molar-refractivity contribution in [3.8, 4) is 11.5 Å². The molecule has 0 spiro atoms. The molecule has 0 radical (unpaired) electrons. The van der Waals surface area contributed by atoms with Crippen LogP contribution in [0.15, 0.2) is 60.4 Å². The summed E-state index contributed by atoms with van der Waals surface area (Å²) in [6.45, 7) is 7.83. The van der Waals surface area contributed by atoms with Crippen LogP contribution in [0.4, 0.5) is 4.39 Å². The van der Waals surface area contributed by atoms with E-state index in [1.165, 1.54) is 17.7 Å². The predicted molar refractivity (Wildman–Crippen MR) is 126 cm³/mol. The molecule has 0 N–H and O–H groups in total. The van der Waals surface area contributed by atoms with Gasteiger partial charge in [-0.2, -0.15) is 0 Å². The molecule has 0 saturated heterocycles. The highest BCUT2D eigenvalue weighted by Gasteiger charge is 2.35. The molecule has 0 bridgehead atoms. The Morgan fingerprint density at radius 2 is 1.82 bits per heavy atom. The van der Waals surface area contributed by atoms with Gasteiger partial charge in [-0.1, -0.05) is 50.2 Å². The molecule has 2 aliphatic heterocycles. The second-order valence-corrected chi connectivity index (χ2v) is 9.02. The maximum absolute atomic E-state index is 13.2. The van der Waals surface area contributed by atoms with Gasteiger partial charge in [0, 0.05) is 13.1 Å². The average Bonchev–Trinajstić information content (AvgIpc) is 3.13. The van der Waals surface area contributed by atoms with E-state index in [-0.39, 0.29) is 11.6 Å². The quantitative estimate of drug-likeness (QED) is 0.449. The van der Waals surface area contributed by atoms with Crippen molar-refractivity contribution >= 4 is 11.9 Å². The third-order valence-electron chi connectivity index (χ3n) is 6.21. The summed E-state index contributed by atoms with van der Waals surface area (Å²) in [6, 6.07) is 16.6. The van der Waals surface area contributed by atoms with Crippen molar-refractivity contribution < 1.29 is 18.7 Å². The van der Waals surface area contributed by atoms with Crippen LogP contribution >= 0.6 is 0 Å². The minimum Gasteiger partial charge on any atom is -0.478 e. The number of rotatable bonds is 4. The molecular weight excluding hydrogens is 417 g/mol. The van der Waals surface area contributed by atoms with E-state index in [1.54, 1.807) is 18.2 Å². The Morgan fingerprint density at radius 1 is 1.09 bits per heavy atom. The molecule has 2 aliphatic rings. The molecule has 0 saturated carbocycles. The zero-order chi connectivity index (χ0) is 23.1. The fourth-order valence-electron chi connectivity index (χ4n) is 4.35. The van der Waals surface area contributed by atoms with Gasteiger partial charge < -0.3 is 9.47 Å². The SMILES string of the molecule is Cc1cc2c(c3c1C(=O)/C(=C/c1ccc(C(C)C)cc1)O3)CN(Cc1ccc(F)cc1)CO2. The molecule has 0 unspecified atom stereocenters. The lowest BCUT2D eigenvalue weighted by molar-refractivity contribution is 0.0872. The number of carbonyl (C=O) groups excluding carboxylic acids is 1. The van der Waals surface area contributed by atoms with Gasteiger partial charge in [-0.05, 0) is 59.4 Å². The highest BCUT2D eigenvalue weighted by molar-refractivity contribution is 6.15. The second-order valence-electron chi connectivity index (χ2n) is 9.02. The van der Waals surface area contributed by atoms with Gasteiger partial charge in [0.15, 0.2) is 5.76 Å². The molecule has 168 valence electrons. The minimum atomic E-state index is -0.252. The number of hydrogen-bond acceptors (Lipinski definition) is 4. The number of allylic oxidation sites excluding steroid dienone is 1. The van der Waals surface area contributed by atoms with Crippen LogP contribution in [0.5, 0.6) is 11.5 Å². The first kappa shape index (κ1) is 21.4. The number of ketones is 1. The summed E-state index contributed by atoms with van der Waals surface area (Å²) in [5.74, 6) is 1.76. The van der Waals surface area contributed by atoms with E-state index in [2.05, 4.69) is 30.9 Å². The van der Waals surface area contributed by atoms with E-state index in [0.29, 0.717) is 42.8 Å². The zero-order valence-corrected chi connectivity index (χ0v) is 19.0. The van der Waals surface area contributed by atoms with Crippen LogP contribution in [0.2, 0.25) is 0 Å². The fourth-order valence-corrected chi connectivity index (χ4v) is 4.35. The summed E-state index contributed by atoms with van der Waals surface area (Å²) in [5.41, 5.74) is 5.49. The molecule has 0 amide bonds. The lowest BCUT2D eigenvalue weighted by atomic mass is 9.98. The van der Waals surface area contributed by atoms with Gasteiger partial charge in [-0.15, -0.1) is 0 Å². The van der Waals surface area contributed by atoms with Crippen LogP contribution in [-0.4, -0.2) is 17.4 Å². The molecule has 4 nitrogen and oxygen atoms in total. The van der Waals surface area contributed by atoms with E-state index in [1.807, 2.05) is 25.1 Å². The lowest BCUT2D eigenvalue weighted by Gasteiger charge is -2.30. The number of fused-ring (bicyclic) bond motifs is 3. The van der Waals surface area contributed by atoms with Crippen LogP contribution in [0.25, 0.3) is 6.08 Å². The molecule has 5 heteroatoms. The van der Waals surface area contributed by atoms with Crippen molar-refractivity contribution in [3.63, 3.8) is 0 Å². The normalized spacial score (nSPS) is 16.5. The minimum absolute atomic E-state index is 0.103. The van der Waals surface area contributed by atoms with Crippen LogP contribution in [0.3, 0.4) is 0 Å². The molecule has 3 aromatic carbocycles. The van der Waals surface area contributed by atoms with E-state index >= 15 is 0 Å². The number of benzene rings is 3. The predicted octanol–water partition coefficient (Wildman–Crippen LogP) is 6.23. The Balaban J connectivity index is 1.42. The molecule has 2 heterocycles. The molecule has 33 heavy (non-hydrogen) atoms. The maximum Gasteiger partial charge on any atom is 0.232 e. The first-order chi connectivity index (χ1) is 15.9. The summed E-state index contributed by atoms with van der Waals surface area (Å²) in [7, 11) is 0. The zero-order valence-electron chi connectivity index (χ0n) is 19.0. The standard InChI is InChI=1S/C28H26FNO3/c1-17(2)21-8-4-19(5-9-21)13-25-27(31)26-18(3)12-24-23(28(26)33-25)15-30(16-32-24)14-20-6-10-22(29)11-7-20/h4-13,17H,14-16H2,1-3H3/b25-13-. The molecule has 5 rings (SSSR count). The van der Waals surface area contributed by atoms with Gasteiger partial charge in [0.2, 0.25) is 5.78 Å². The molecule has 0 fully saturated rings. The van der Waals surface area contributed by atoms with Gasteiger partial charge in [0.1, 0.15) is 24.0 Å². The Morgan fingerprint density at radius 3 is 2.52 bits per heavy atom. The molecule has 3 aromatic rings. The van der Waals surface area contributed by atoms with Crippen LogP contribution < -0.4 is 9.47 Å². The van der Waals surface area contributed by atoms with Crippen molar-refractivity contribution in [2.75, 3.05) is 6.73 Å². The number of nitrogens with zero attached hydrogens (tertiary/aromatic N) is 1. The summed E-state index contributed by atoms with van der Waals surface area (Å²) in [5, 5.41) is 0. The Hall–Kier alpha value is -3.44.